The zero-order valence-electron chi connectivity index (χ0n) is 6.36. The lowest BCUT2D eigenvalue weighted by molar-refractivity contribution is -0.237. The maximum Gasteiger partial charge on any atom is 0.309 e. The third kappa shape index (κ3) is 1.45. The SMILES string of the molecule is O=C1OC2CC1CCC2OOI. The molecular formula is C7H9IO4. The van der Waals surface area contributed by atoms with Gasteiger partial charge in [0.15, 0.2) is 23.0 Å². The lowest BCUT2D eigenvalue weighted by Crippen LogP contribution is -2.30. The number of carbonyl (C=O) groups excluding carboxylic acids is 1. The summed E-state index contributed by atoms with van der Waals surface area (Å²) in [4.78, 5) is 16.1. The molecule has 0 N–H and O–H groups in total. The van der Waals surface area contributed by atoms with Gasteiger partial charge in [0, 0.05) is 6.42 Å². The van der Waals surface area contributed by atoms with Crippen LogP contribution in [0, 0.1) is 5.92 Å². The summed E-state index contributed by atoms with van der Waals surface area (Å²) in [6.45, 7) is 0. The van der Waals surface area contributed by atoms with Crippen LogP contribution in [0.1, 0.15) is 19.3 Å². The fourth-order valence-corrected chi connectivity index (χ4v) is 2.11. The molecule has 0 aromatic rings. The molecule has 0 amide bonds. The third-order valence-electron chi connectivity index (χ3n) is 2.49. The van der Waals surface area contributed by atoms with Gasteiger partial charge in [-0.2, -0.15) is 3.22 Å². The van der Waals surface area contributed by atoms with Crippen molar-refractivity contribution in [3.05, 3.63) is 0 Å². The van der Waals surface area contributed by atoms with E-state index >= 15 is 0 Å². The number of hydrogen-bond acceptors (Lipinski definition) is 4. The van der Waals surface area contributed by atoms with Crippen LogP contribution < -0.4 is 0 Å². The fourth-order valence-electron chi connectivity index (χ4n) is 1.84. The van der Waals surface area contributed by atoms with Crippen LogP contribution in [0.3, 0.4) is 0 Å². The van der Waals surface area contributed by atoms with Crippen LogP contribution in [0.4, 0.5) is 0 Å². The molecule has 3 unspecified atom stereocenters. The zero-order chi connectivity index (χ0) is 8.55. The van der Waals surface area contributed by atoms with Gasteiger partial charge in [-0.15, -0.1) is 0 Å². The average Bonchev–Trinajstić information content (AvgIpc) is 2.35. The lowest BCUT2D eigenvalue weighted by atomic mass is 9.88. The van der Waals surface area contributed by atoms with E-state index in [0.29, 0.717) is 0 Å². The minimum Gasteiger partial charge on any atom is -0.459 e. The van der Waals surface area contributed by atoms with Gasteiger partial charge in [0.1, 0.15) is 12.2 Å². The van der Waals surface area contributed by atoms with Gasteiger partial charge in [-0.3, -0.25) is 4.79 Å². The van der Waals surface area contributed by atoms with Gasteiger partial charge in [-0.1, -0.05) is 0 Å². The third-order valence-corrected chi connectivity index (χ3v) is 2.70. The van der Waals surface area contributed by atoms with Crippen LogP contribution in [0.25, 0.3) is 0 Å². The first-order valence-electron chi connectivity index (χ1n) is 3.96. The van der Waals surface area contributed by atoms with E-state index in [1.807, 2.05) is 0 Å². The Hall–Kier alpha value is 0.120. The van der Waals surface area contributed by atoms with Crippen LogP contribution in [-0.4, -0.2) is 18.2 Å². The molecule has 1 aliphatic heterocycles. The maximum absolute atomic E-state index is 11.1. The van der Waals surface area contributed by atoms with E-state index < -0.39 is 0 Å². The van der Waals surface area contributed by atoms with Crippen molar-refractivity contribution in [1.29, 1.82) is 0 Å². The highest BCUT2D eigenvalue weighted by atomic mass is 127. The quantitative estimate of drug-likeness (QED) is 0.332. The number of halogens is 1. The van der Waals surface area contributed by atoms with Crippen molar-refractivity contribution < 1.29 is 17.6 Å². The molecule has 2 rings (SSSR count). The summed E-state index contributed by atoms with van der Waals surface area (Å²) in [5.41, 5.74) is 0. The second-order valence-electron chi connectivity index (χ2n) is 3.18. The van der Waals surface area contributed by atoms with Crippen molar-refractivity contribution in [3.63, 3.8) is 0 Å². The molecule has 12 heavy (non-hydrogen) atoms. The van der Waals surface area contributed by atoms with Gasteiger partial charge in [-0.25, -0.2) is 4.89 Å². The Balaban J connectivity index is 1.99. The molecule has 4 nitrogen and oxygen atoms in total. The smallest absolute Gasteiger partial charge is 0.309 e. The van der Waals surface area contributed by atoms with Crippen LogP contribution in [0.15, 0.2) is 0 Å². The lowest BCUT2D eigenvalue weighted by Gasteiger charge is -2.22. The van der Waals surface area contributed by atoms with Gasteiger partial charge >= 0.3 is 5.97 Å². The Bertz CT molecular complexity index is 196. The highest BCUT2D eigenvalue weighted by Gasteiger charge is 2.44. The van der Waals surface area contributed by atoms with E-state index in [1.165, 1.54) is 0 Å². The Morgan fingerprint density at radius 3 is 3.08 bits per heavy atom. The minimum atomic E-state index is -0.0778. The molecule has 0 radical (unpaired) electrons. The van der Waals surface area contributed by atoms with Crippen LogP contribution in [-0.2, 0) is 17.6 Å². The van der Waals surface area contributed by atoms with Crippen LogP contribution in [0.2, 0.25) is 0 Å². The summed E-state index contributed by atoms with van der Waals surface area (Å²) in [5.74, 6) is 0.0450. The summed E-state index contributed by atoms with van der Waals surface area (Å²) in [6, 6.07) is 0. The largest absolute Gasteiger partial charge is 0.459 e. The van der Waals surface area contributed by atoms with E-state index in [2.05, 4.69) is 3.22 Å². The van der Waals surface area contributed by atoms with Crippen molar-refractivity contribution in [2.45, 2.75) is 31.5 Å². The number of esters is 1. The van der Waals surface area contributed by atoms with Crippen molar-refractivity contribution in [2.75, 3.05) is 0 Å². The Morgan fingerprint density at radius 1 is 1.50 bits per heavy atom. The number of ether oxygens (including phenoxy) is 1. The Labute approximate surface area is 84.2 Å². The van der Waals surface area contributed by atoms with Gasteiger partial charge in [0.25, 0.3) is 0 Å². The summed E-state index contributed by atoms with van der Waals surface area (Å²) >= 11 is 1.67. The molecule has 1 saturated heterocycles. The maximum atomic E-state index is 11.1. The second kappa shape index (κ2) is 3.47. The summed E-state index contributed by atoms with van der Waals surface area (Å²) in [5, 5.41) is 0. The van der Waals surface area contributed by atoms with Gasteiger partial charge < -0.3 is 4.74 Å². The Morgan fingerprint density at radius 2 is 2.33 bits per heavy atom. The predicted octanol–water partition coefficient (Wildman–Crippen LogP) is 1.38. The van der Waals surface area contributed by atoms with Crippen LogP contribution in [0.5, 0.6) is 0 Å². The molecular weight excluding hydrogens is 275 g/mol. The number of hydrogen-bond donors (Lipinski definition) is 0. The standard InChI is InChI=1S/C7H9IO4/c8-12-11-5-2-1-4-3-6(5)10-7(4)9/h4-6H,1-3H2. The summed E-state index contributed by atoms with van der Waals surface area (Å²) in [6.07, 6.45) is 2.36. The summed E-state index contributed by atoms with van der Waals surface area (Å²) < 4.78 is 9.65. The number of fused-ring (bicyclic) bond motifs is 2. The zero-order valence-corrected chi connectivity index (χ0v) is 8.52. The molecule has 2 bridgehead atoms. The number of rotatable bonds is 2. The van der Waals surface area contributed by atoms with Crippen molar-refractivity contribution in [1.82, 2.24) is 0 Å². The molecule has 68 valence electrons. The fraction of sp³-hybridized carbons (Fsp3) is 0.857. The molecule has 3 atom stereocenters. The summed E-state index contributed by atoms with van der Waals surface area (Å²) in [7, 11) is 0. The molecule has 2 aliphatic rings. The van der Waals surface area contributed by atoms with Crippen LogP contribution >= 0.6 is 23.0 Å². The minimum absolute atomic E-state index is 0.0652. The molecule has 2 fully saturated rings. The molecule has 1 heterocycles. The van der Waals surface area contributed by atoms with E-state index in [-0.39, 0.29) is 24.1 Å². The molecule has 1 saturated carbocycles. The predicted molar refractivity (Wildman–Crippen MR) is 47.2 cm³/mol. The second-order valence-corrected chi connectivity index (χ2v) is 3.54. The Kier molecular flexibility index (Phi) is 2.52. The first-order chi connectivity index (χ1) is 5.81. The van der Waals surface area contributed by atoms with Gasteiger partial charge in [-0.05, 0) is 12.8 Å². The molecule has 5 heteroatoms. The van der Waals surface area contributed by atoms with Crippen molar-refractivity contribution >= 4 is 29.0 Å². The van der Waals surface area contributed by atoms with E-state index in [9.17, 15) is 4.79 Å². The molecule has 0 aromatic carbocycles. The van der Waals surface area contributed by atoms with Gasteiger partial charge in [0.05, 0.1) is 5.92 Å². The first-order valence-corrected chi connectivity index (χ1v) is 4.84. The molecule has 0 aromatic heterocycles. The topological polar surface area (TPSA) is 44.8 Å². The van der Waals surface area contributed by atoms with E-state index in [1.54, 1.807) is 23.0 Å². The van der Waals surface area contributed by atoms with E-state index in [4.69, 9.17) is 9.62 Å². The highest BCUT2D eigenvalue weighted by Crippen LogP contribution is 2.35. The van der Waals surface area contributed by atoms with Crippen molar-refractivity contribution in [2.24, 2.45) is 5.92 Å². The monoisotopic (exact) mass is 284 g/mol. The number of carbonyl (C=O) groups is 1. The normalized spacial score (nSPS) is 39.8. The average molecular weight is 284 g/mol. The van der Waals surface area contributed by atoms with Crippen molar-refractivity contribution in [3.8, 4) is 0 Å². The first kappa shape index (κ1) is 8.71. The molecule has 0 spiro atoms. The molecule has 1 aliphatic carbocycles. The van der Waals surface area contributed by atoms with E-state index in [0.717, 1.165) is 19.3 Å². The highest BCUT2D eigenvalue weighted by molar-refractivity contribution is 14.1. The van der Waals surface area contributed by atoms with Gasteiger partial charge in [0.2, 0.25) is 0 Å².